The molecule has 1 aromatic heterocycles. The van der Waals surface area contributed by atoms with Crippen molar-refractivity contribution in [2.75, 3.05) is 7.11 Å². The number of pyridine rings is 1. The van der Waals surface area contributed by atoms with Gasteiger partial charge in [-0.05, 0) is 22.6 Å². The first-order valence-corrected chi connectivity index (χ1v) is 5.14. The normalized spacial score (nSPS) is 11.4. The van der Waals surface area contributed by atoms with E-state index in [-0.39, 0.29) is 17.9 Å². The molecular formula is C8H8F3IN2O2. The van der Waals surface area contributed by atoms with Crippen LogP contribution in [0.3, 0.4) is 0 Å². The van der Waals surface area contributed by atoms with E-state index >= 15 is 0 Å². The Labute approximate surface area is 103 Å². The summed E-state index contributed by atoms with van der Waals surface area (Å²) >= 11 is 1.88. The van der Waals surface area contributed by atoms with Crippen LogP contribution in [0, 0.1) is 3.57 Å². The molecule has 1 rings (SSSR count). The van der Waals surface area contributed by atoms with Gasteiger partial charge < -0.3 is 15.2 Å². The number of rotatable bonds is 3. The fourth-order valence-electron chi connectivity index (χ4n) is 1.09. The molecule has 0 aliphatic rings. The molecule has 0 amide bonds. The Hall–Kier alpha value is -0.770. The van der Waals surface area contributed by atoms with E-state index in [9.17, 15) is 13.2 Å². The molecule has 1 heterocycles. The number of nitrogens with zero attached hydrogens (tertiary/aromatic N) is 1. The summed E-state index contributed by atoms with van der Waals surface area (Å²) in [5.74, 6) is -0.329. The lowest BCUT2D eigenvalue weighted by atomic mass is 10.2. The molecule has 0 spiro atoms. The Morgan fingerprint density at radius 3 is 2.56 bits per heavy atom. The Morgan fingerprint density at radius 2 is 2.12 bits per heavy atom. The van der Waals surface area contributed by atoms with Crippen molar-refractivity contribution < 1.29 is 22.6 Å². The molecule has 2 N–H and O–H groups in total. The van der Waals surface area contributed by atoms with Crippen molar-refractivity contribution in [3.63, 3.8) is 0 Å². The van der Waals surface area contributed by atoms with Crippen molar-refractivity contribution in [1.82, 2.24) is 4.98 Å². The van der Waals surface area contributed by atoms with E-state index in [1.165, 1.54) is 13.3 Å². The molecule has 90 valence electrons. The third-order valence-corrected chi connectivity index (χ3v) is 2.43. The molecule has 0 saturated carbocycles. The quantitative estimate of drug-likeness (QED) is 0.850. The summed E-state index contributed by atoms with van der Waals surface area (Å²) < 4.78 is 45.4. The maximum atomic E-state index is 12.0. The molecule has 0 bridgehead atoms. The topological polar surface area (TPSA) is 57.4 Å². The summed E-state index contributed by atoms with van der Waals surface area (Å²) in [5, 5.41) is 0. The van der Waals surface area contributed by atoms with Crippen molar-refractivity contribution in [2.24, 2.45) is 5.73 Å². The fraction of sp³-hybridized carbons (Fsp3) is 0.375. The SMILES string of the molecule is COc1c(I)cnc(OC(F)(F)F)c1CN. The molecule has 0 atom stereocenters. The summed E-state index contributed by atoms with van der Waals surface area (Å²) in [6.07, 6.45) is -3.58. The van der Waals surface area contributed by atoms with E-state index in [2.05, 4.69) is 9.72 Å². The van der Waals surface area contributed by atoms with Crippen LogP contribution in [0.25, 0.3) is 0 Å². The molecule has 0 radical (unpaired) electrons. The highest BCUT2D eigenvalue weighted by Gasteiger charge is 2.33. The zero-order valence-corrected chi connectivity index (χ0v) is 10.3. The first kappa shape index (κ1) is 13.3. The van der Waals surface area contributed by atoms with Gasteiger partial charge in [0.25, 0.3) is 0 Å². The fourth-order valence-corrected chi connectivity index (χ4v) is 1.78. The van der Waals surface area contributed by atoms with Gasteiger partial charge in [-0.3, -0.25) is 0 Å². The van der Waals surface area contributed by atoms with E-state index in [0.717, 1.165) is 0 Å². The number of ether oxygens (including phenoxy) is 2. The smallest absolute Gasteiger partial charge is 0.495 e. The van der Waals surface area contributed by atoms with Crippen LogP contribution in [0.2, 0.25) is 0 Å². The molecule has 4 nitrogen and oxygen atoms in total. The van der Waals surface area contributed by atoms with Crippen LogP contribution >= 0.6 is 22.6 Å². The first-order chi connectivity index (χ1) is 7.39. The zero-order valence-electron chi connectivity index (χ0n) is 8.14. The molecule has 0 unspecified atom stereocenters. The summed E-state index contributed by atoms with van der Waals surface area (Å²) in [4.78, 5) is 3.53. The van der Waals surface area contributed by atoms with Crippen LogP contribution in [0.4, 0.5) is 13.2 Å². The second kappa shape index (κ2) is 5.04. The highest BCUT2D eigenvalue weighted by molar-refractivity contribution is 14.1. The number of aromatic nitrogens is 1. The average Bonchev–Trinajstić information content (AvgIpc) is 2.18. The van der Waals surface area contributed by atoms with E-state index in [4.69, 9.17) is 10.5 Å². The molecule has 0 saturated heterocycles. The molecule has 16 heavy (non-hydrogen) atoms. The first-order valence-electron chi connectivity index (χ1n) is 4.06. The van der Waals surface area contributed by atoms with Crippen LogP contribution in [-0.4, -0.2) is 18.5 Å². The molecule has 0 fully saturated rings. The van der Waals surface area contributed by atoms with Gasteiger partial charge in [0.2, 0.25) is 5.88 Å². The van der Waals surface area contributed by atoms with Gasteiger partial charge in [0, 0.05) is 12.7 Å². The van der Waals surface area contributed by atoms with Gasteiger partial charge in [0.1, 0.15) is 5.75 Å². The van der Waals surface area contributed by atoms with Crippen LogP contribution < -0.4 is 15.2 Å². The molecular weight excluding hydrogens is 340 g/mol. The molecule has 0 aliphatic carbocycles. The van der Waals surface area contributed by atoms with Gasteiger partial charge in [-0.1, -0.05) is 0 Å². The summed E-state index contributed by atoms with van der Waals surface area (Å²) in [7, 11) is 1.34. The van der Waals surface area contributed by atoms with Crippen LogP contribution in [0.1, 0.15) is 5.56 Å². The Balaban J connectivity index is 3.19. The molecule has 1 aromatic rings. The summed E-state index contributed by atoms with van der Waals surface area (Å²) in [6.45, 7) is -0.154. The van der Waals surface area contributed by atoms with E-state index in [1.54, 1.807) is 0 Å². The van der Waals surface area contributed by atoms with Crippen LogP contribution in [-0.2, 0) is 6.54 Å². The minimum atomic E-state index is -4.80. The number of nitrogens with two attached hydrogens (primary N) is 1. The minimum absolute atomic E-state index is 0.0896. The summed E-state index contributed by atoms with van der Waals surface area (Å²) in [5.41, 5.74) is 5.43. The second-order valence-corrected chi connectivity index (χ2v) is 3.84. The van der Waals surface area contributed by atoms with Gasteiger partial charge >= 0.3 is 6.36 Å². The lowest BCUT2D eigenvalue weighted by molar-refractivity contribution is -0.276. The Bertz CT molecular complexity index is 384. The Morgan fingerprint density at radius 1 is 1.50 bits per heavy atom. The van der Waals surface area contributed by atoms with Crippen molar-refractivity contribution in [2.45, 2.75) is 12.9 Å². The standard InChI is InChI=1S/C8H8F3IN2O2/c1-15-6-4(2-13)7(14-3-5(6)12)16-8(9,10)11/h3H,2,13H2,1H3. The van der Waals surface area contributed by atoms with Crippen LogP contribution in [0.15, 0.2) is 6.20 Å². The zero-order chi connectivity index (χ0) is 12.3. The largest absolute Gasteiger partial charge is 0.574 e. The number of halogens is 4. The van der Waals surface area contributed by atoms with Gasteiger partial charge in [0.05, 0.1) is 16.2 Å². The van der Waals surface area contributed by atoms with Gasteiger partial charge in [-0.15, -0.1) is 13.2 Å². The number of hydrogen-bond donors (Lipinski definition) is 1. The van der Waals surface area contributed by atoms with Gasteiger partial charge in [-0.25, -0.2) is 4.98 Å². The molecule has 8 heteroatoms. The van der Waals surface area contributed by atoms with E-state index < -0.39 is 12.2 Å². The average molecular weight is 348 g/mol. The van der Waals surface area contributed by atoms with E-state index in [0.29, 0.717) is 3.57 Å². The minimum Gasteiger partial charge on any atom is -0.495 e. The third kappa shape index (κ3) is 3.11. The van der Waals surface area contributed by atoms with Crippen LogP contribution in [0.5, 0.6) is 11.6 Å². The van der Waals surface area contributed by atoms with E-state index in [1.807, 2.05) is 22.6 Å². The summed E-state index contributed by atoms with van der Waals surface area (Å²) in [6, 6.07) is 0. The monoisotopic (exact) mass is 348 g/mol. The molecule has 0 aromatic carbocycles. The van der Waals surface area contributed by atoms with Crippen molar-refractivity contribution in [3.8, 4) is 11.6 Å². The molecule has 0 aliphatic heterocycles. The maximum Gasteiger partial charge on any atom is 0.574 e. The van der Waals surface area contributed by atoms with Crippen molar-refractivity contribution in [1.29, 1.82) is 0 Å². The van der Waals surface area contributed by atoms with Gasteiger partial charge in [-0.2, -0.15) is 0 Å². The van der Waals surface area contributed by atoms with Crippen molar-refractivity contribution in [3.05, 3.63) is 15.3 Å². The Kier molecular flexibility index (Phi) is 4.19. The second-order valence-electron chi connectivity index (χ2n) is 2.68. The lowest BCUT2D eigenvalue weighted by Crippen LogP contribution is -2.20. The number of methoxy groups -OCH3 is 1. The third-order valence-electron chi connectivity index (χ3n) is 1.66. The highest BCUT2D eigenvalue weighted by atomic mass is 127. The lowest BCUT2D eigenvalue weighted by Gasteiger charge is -2.14. The predicted molar refractivity (Wildman–Crippen MR) is 58.1 cm³/mol. The maximum absolute atomic E-state index is 12.0. The van der Waals surface area contributed by atoms with Gasteiger partial charge in [0.15, 0.2) is 0 Å². The van der Waals surface area contributed by atoms with Crippen molar-refractivity contribution >= 4 is 22.6 Å². The number of hydrogen-bond acceptors (Lipinski definition) is 4. The highest BCUT2D eigenvalue weighted by Crippen LogP contribution is 2.33. The predicted octanol–water partition coefficient (Wildman–Crippen LogP) is 2.05. The number of alkyl halides is 3.